The van der Waals surface area contributed by atoms with Gasteiger partial charge in [0.05, 0.1) is 18.6 Å². The van der Waals surface area contributed by atoms with Crippen LogP contribution >= 0.6 is 24.0 Å². The molecule has 1 N–H and O–H groups in total. The molecule has 2 amide bonds. The number of hydrazine groups is 1. The molecule has 0 unspecified atom stereocenters. The molecule has 0 saturated carbocycles. The Morgan fingerprint density at radius 1 is 1.19 bits per heavy atom. The molecule has 8 heteroatoms. The minimum atomic E-state index is -0.396. The van der Waals surface area contributed by atoms with Gasteiger partial charge in [0.1, 0.15) is 0 Å². The minimum Gasteiger partial charge on any atom is -0.493 e. The Hall–Kier alpha value is -2.84. The quantitative estimate of drug-likeness (QED) is 0.434. The number of thioether (sulfide) groups is 1. The van der Waals surface area contributed by atoms with Crippen molar-refractivity contribution in [3.8, 4) is 11.5 Å². The molecule has 2 aromatic rings. The molecule has 0 atom stereocenters. The molecule has 1 fully saturated rings. The molecule has 0 radical (unpaired) electrons. The van der Waals surface area contributed by atoms with Crippen LogP contribution in [0.2, 0.25) is 0 Å². The molecule has 1 heterocycles. The lowest BCUT2D eigenvalue weighted by Crippen LogP contribution is -2.44. The SMILES string of the molecule is COc1cc(/C=C2/SC(=S)N(NC(=O)c3ccc(C)cc3)C2=O)ccc1OCCC(C)C. The van der Waals surface area contributed by atoms with Gasteiger partial charge in [-0.15, -0.1) is 0 Å². The van der Waals surface area contributed by atoms with Crippen molar-refractivity contribution in [2.75, 3.05) is 13.7 Å². The summed E-state index contributed by atoms with van der Waals surface area (Å²) in [6.45, 7) is 6.83. The standard InChI is InChI=1S/C24H26N2O4S2/c1-15(2)11-12-30-19-10-7-17(13-20(19)29-4)14-21-23(28)26(24(31)32-21)25-22(27)18-8-5-16(3)6-9-18/h5-10,13-15H,11-12H2,1-4H3,(H,25,27)/b21-14+. The van der Waals surface area contributed by atoms with Crippen LogP contribution in [0.25, 0.3) is 6.08 Å². The minimum absolute atomic E-state index is 0.266. The number of ether oxygens (including phenoxy) is 2. The lowest BCUT2D eigenvalue weighted by Gasteiger charge is -2.15. The largest absolute Gasteiger partial charge is 0.493 e. The molecule has 0 bridgehead atoms. The summed E-state index contributed by atoms with van der Waals surface area (Å²) < 4.78 is 11.5. The van der Waals surface area contributed by atoms with E-state index in [1.165, 1.54) is 0 Å². The maximum atomic E-state index is 12.8. The second kappa shape index (κ2) is 10.7. The number of carbonyl (C=O) groups is 2. The van der Waals surface area contributed by atoms with Gasteiger partial charge in [0, 0.05) is 5.56 Å². The summed E-state index contributed by atoms with van der Waals surface area (Å²) in [7, 11) is 1.58. The number of benzene rings is 2. The molecule has 3 rings (SSSR count). The molecule has 1 aliphatic rings. The number of methoxy groups -OCH3 is 1. The van der Waals surface area contributed by atoms with Crippen molar-refractivity contribution in [3.05, 3.63) is 64.1 Å². The highest BCUT2D eigenvalue weighted by Gasteiger charge is 2.33. The van der Waals surface area contributed by atoms with E-state index in [2.05, 4.69) is 19.3 Å². The summed E-state index contributed by atoms with van der Waals surface area (Å²) in [5, 5.41) is 1.11. The van der Waals surface area contributed by atoms with Crippen LogP contribution in [0.1, 0.15) is 41.8 Å². The molecule has 0 aliphatic carbocycles. The Labute approximate surface area is 197 Å². The molecule has 1 aliphatic heterocycles. The first-order chi connectivity index (χ1) is 15.3. The number of nitrogens with one attached hydrogen (secondary N) is 1. The Bertz CT molecular complexity index is 1050. The maximum Gasteiger partial charge on any atom is 0.285 e. The number of amides is 2. The Morgan fingerprint density at radius 2 is 1.91 bits per heavy atom. The summed E-state index contributed by atoms with van der Waals surface area (Å²) in [4.78, 5) is 25.8. The van der Waals surface area contributed by atoms with Crippen molar-refractivity contribution < 1.29 is 19.1 Å². The van der Waals surface area contributed by atoms with Gasteiger partial charge in [-0.25, -0.2) is 0 Å². The summed E-state index contributed by atoms with van der Waals surface area (Å²) >= 11 is 6.44. The highest BCUT2D eigenvalue weighted by atomic mass is 32.2. The topological polar surface area (TPSA) is 67.9 Å². The monoisotopic (exact) mass is 470 g/mol. The van der Waals surface area contributed by atoms with Crippen molar-refractivity contribution in [1.82, 2.24) is 10.4 Å². The number of hydrogen-bond donors (Lipinski definition) is 1. The third kappa shape index (κ3) is 5.89. The predicted molar refractivity (Wildman–Crippen MR) is 132 cm³/mol. The summed E-state index contributed by atoms with van der Waals surface area (Å²) in [5.41, 5.74) is 4.85. The fourth-order valence-corrected chi connectivity index (χ4v) is 4.06. The molecule has 0 aromatic heterocycles. The van der Waals surface area contributed by atoms with E-state index < -0.39 is 5.91 Å². The van der Waals surface area contributed by atoms with E-state index in [-0.39, 0.29) is 10.2 Å². The molecule has 6 nitrogen and oxygen atoms in total. The lowest BCUT2D eigenvalue weighted by molar-refractivity contribution is -0.123. The van der Waals surface area contributed by atoms with Gasteiger partial charge in [-0.05, 0) is 67.4 Å². The van der Waals surface area contributed by atoms with E-state index in [1.54, 1.807) is 25.3 Å². The first-order valence-corrected chi connectivity index (χ1v) is 11.5. The van der Waals surface area contributed by atoms with Gasteiger partial charge in [-0.2, -0.15) is 5.01 Å². The second-order valence-corrected chi connectivity index (χ2v) is 9.44. The van der Waals surface area contributed by atoms with Gasteiger partial charge in [0.15, 0.2) is 15.8 Å². The number of rotatable bonds is 8. The van der Waals surface area contributed by atoms with Gasteiger partial charge in [0.25, 0.3) is 11.8 Å². The van der Waals surface area contributed by atoms with Crippen LogP contribution < -0.4 is 14.9 Å². The van der Waals surface area contributed by atoms with Crippen molar-refractivity contribution in [1.29, 1.82) is 0 Å². The fraction of sp³-hybridized carbons (Fsp3) is 0.292. The first kappa shape index (κ1) is 23.8. The Kier molecular flexibility index (Phi) is 7.93. The zero-order valence-corrected chi connectivity index (χ0v) is 20.1. The van der Waals surface area contributed by atoms with Crippen LogP contribution in [-0.4, -0.2) is 34.9 Å². The molecular formula is C24H26N2O4S2. The number of aryl methyl sites for hydroxylation is 1. The van der Waals surface area contributed by atoms with Crippen molar-refractivity contribution >= 4 is 46.2 Å². The van der Waals surface area contributed by atoms with E-state index in [0.29, 0.717) is 34.5 Å². The molecule has 2 aromatic carbocycles. The van der Waals surface area contributed by atoms with Crippen LogP contribution in [0.5, 0.6) is 11.5 Å². The van der Waals surface area contributed by atoms with Gasteiger partial charge < -0.3 is 9.47 Å². The van der Waals surface area contributed by atoms with E-state index in [4.69, 9.17) is 21.7 Å². The molecule has 0 spiro atoms. The molecular weight excluding hydrogens is 444 g/mol. The lowest BCUT2D eigenvalue weighted by atomic mass is 10.1. The van der Waals surface area contributed by atoms with Crippen molar-refractivity contribution in [2.24, 2.45) is 5.92 Å². The van der Waals surface area contributed by atoms with E-state index in [9.17, 15) is 9.59 Å². The Balaban J connectivity index is 1.72. The number of nitrogens with zero attached hydrogens (tertiary/aromatic N) is 1. The first-order valence-electron chi connectivity index (χ1n) is 10.2. The third-order valence-corrected chi connectivity index (χ3v) is 6.06. The van der Waals surface area contributed by atoms with Crippen LogP contribution in [0.15, 0.2) is 47.4 Å². The van der Waals surface area contributed by atoms with Gasteiger partial charge in [-0.3, -0.25) is 15.0 Å². The zero-order chi connectivity index (χ0) is 23.3. The van der Waals surface area contributed by atoms with Crippen LogP contribution in [0.3, 0.4) is 0 Å². The summed E-state index contributed by atoms with van der Waals surface area (Å²) in [6.07, 6.45) is 2.67. The number of thiocarbonyl (C=S) groups is 1. The molecule has 168 valence electrons. The van der Waals surface area contributed by atoms with Crippen LogP contribution in [-0.2, 0) is 4.79 Å². The molecule has 1 saturated heterocycles. The Morgan fingerprint density at radius 3 is 2.56 bits per heavy atom. The zero-order valence-electron chi connectivity index (χ0n) is 18.5. The third-order valence-electron chi connectivity index (χ3n) is 4.76. The highest BCUT2D eigenvalue weighted by Crippen LogP contribution is 2.34. The van der Waals surface area contributed by atoms with E-state index in [0.717, 1.165) is 34.3 Å². The predicted octanol–water partition coefficient (Wildman–Crippen LogP) is 4.97. The smallest absolute Gasteiger partial charge is 0.285 e. The van der Waals surface area contributed by atoms with Gasteiger partial charge in [-0.1, -0.05) is 49.4 Å². The average molecular weight is 471 g/mol. The van der Waals surface area contributed by atoms with E-state index >= 15 is 0 Å². The average Bonchev–Trinajstić information content (AvgIpc) is 3.02. The van der Waals surface area contributed by atoms with Gasteiger partial charge in [0.2, 0.25) is 0 Å². The summed E-state index contributed by atoms with van der Waals surface area (Å²) in [5.74, 6) is 1.02. The second-order valence-electron chi connectivity index (χ2n) is 7.77. The number of hydrogen-bond acceptors (Lipinski definition) is 6. The normalized spacial score (nSPS) is 14.9. The fourth-order valence-electron chi connectivity index (χ4n) is 2.88. The van der Waals surface area contributed by atoms with Crippen LogP contribution in [0.4, 0.5) is 0 Å². The number of carbonyl (C=O) groups excluding carboxylic acids is 2. The maximum absolute atomic E-state index is 12.8. The van der Waals surface area contributed by atoms with E-state index in [1.807, 2.05) is 37.3 Å². The van der Waals surface area contributed by atoms with Crippen molar-refractivity contribution in [2.45, 2.75) is 27.2 Å². The van der Waals surface area contributed by atoms with Gasteiger partial charge >= 0.3 is 0 Å². The highest BCUT2D eigenvalue weighted by molar-refractivity contribution is 8.26. The summed E-state index contributed by atoms with van der Waals surface area (Å²) in [6, 6.07) is 12.6. The van der Waals surface area contributed by atoms with Crippen molar-refractivity contribution in [3.63, 3.8) is 0 Å². The van der Waals surface area contributed by atoms with Crippen LogP contribution in [0, 0.1) is 12.8 Å². The molecule has 32 heavy (non-hydrogen) atoms.